The number of aromatic amines is 1. The van der Waals surface area contributed by atoms with Gasteiger partial charge in [0.05, 0.1) is 16.2 Å². The standard InChI is InChI=1S/C20H17ClN4O3/c21-15-5-3-14(4-6-15)19-22-18-9-10-24(12-17(18)20(26)23-19)11-13-1-7-16(8-2-13)25(27)28/h1-8H,9-12H2,(H,22,23,26). The molecule has 2 aromatic carbocycles. The Morgan fingerprint density at radius 2 is 1.86 bits per heavy atom. The van der Waals surface area contributed by atoms with Crippen molar-refractivity contribution in [2.24, 2.45) is 0 Å². The molecule has 0 spiro atoms. The molecule has 1 aliphatic heterocycles. The van der Waals surface area contributed by atoms with Crippen LogP contribution in [0.4, 0.5) is 5.69 Å². The average molecular weight is 397 g/mol. The van der Waals surface area contributed by atoms with E-state index in [9.17, 15) is 14.9 Å². The van der Waals surface area contributed by atoms with Crippen LogP contribution in [-0.2, 0) is 19.5 Å². The van der Waals surface area contributed by atoms with E-state index in [1.807, 2.05) is 12.1 Å². The third-order valence-electron chi connectivity index (χ3n) is 4.82. The molecular weight excluding hydrogens is 380 g/mol. The summed E-state index contributed by atoms with van der Waals surface area (Å²) in [6, 6.07) is 13.7. The molecule has 0 bridgehead atoms. The Kier molecular flexibility index (Phi) is 4.93. The predicted molar refractivity (Wildman–Crippen MR) is 106 cm³/mol. The number of aromatic nitrogens is 2. The van der Waals surface area contributed by atoms with E-state index in [1.165, 1.54) is 12.1 Å². The number of H-pyrrole nitrogens is 1. The zero-order chi connectivity index (χ0) is 19.7. The Bertz CT molecular complexity index is 1080. The Balaban J connectivity index is 1.53. The van der Waals surface area contributed by atoms with Crippen molar-refractivity contribution in [1.82, 2.24) is 14.9 Å². The number of hydrogen-bond donors (Lipinski definition) is 1. The summed E-state index contributed by atoms with van der Waals surface area (Å²) < 4.78 is 0. The molecule has 2 heterocycles. The van der Waals surface area contributed by atoms with Crippen LogP contribution in [0, 0.1) is 10.1 Å². The van der Waals surface area contributed by atoms with E-state index in [0.29, 0.717) is 35.9 Å². The lowest BCUT2D eigenvalue weighted by molar-refractivity contribution is -0.384. The SMILES string of the molecule is O=c1[nH]c(-c2ccc(Cl)cc2)nc2c1CN(Cc1ccc([N+](=O)[O-])cc1)CC2. The third-order valence-corrected chi connectivity index (χ3v) is 5.07. The first-order valence-corrected chi connectivity index (χ1v) is 9.21. The van der Waals surface area contributed by atoms with Gasteiger partial charge in [0.25, 0.3) is 11.2 Å². The fourth-order valence-corrected chi connectivity index (χ4v) is 3.47. The molecule has 28 heavy (non-hydrogen) atoms. The van der Waals surface area contributed by atoms with Crippen LogP contribution in [0.5, 0.6) is 0 Å². The first-order valence-electron chi connectivity index (χ1n) is 8.83. The number of hydrogen-bond acceptors (Lipinski definition) is 5. The largest absolute Gasteiger partial charge is 0.306 e. The highest BCUT2D eigenvalue weighted by Gasteiger charge is 2.21. The summed E-state index contributed by atoms with van der Waals surface area (Å²) in [4.78, 5) is 32.6. The number of non-ortho nitro benzene ring substituents is 1. The summed E-state index contributed by atoms with van der Waals surface area (Å²) in [5.41, 5.74) is 3.21. The van der Waals surface area contributed by atoms with E-state index in [4.69, 9.17) is 11.6 Å². The maximum Gasteiger partial charge on any atom is 0.269 e. The highest BCUT2D eigenvalue weighted by molar-refractivity contribution is 6.30. The minimum absolute atomic E-state index is 0.0723. The van der Waals surface area contributed by atoms with Crippen molar-refractivity contribution in [2.45, 2.75) is 19.5 Å². The van der Waals surface area contributed by atoms with Crippen LogP contribution >= 0.6 is 11.6 Å². The van der Waals surface area contributed by atoms with Crippen molar-refractivity contribution in [3.05, 3.63) is 90.8 Å². The number of halogens is 1. The minimum Gasteiger partial charge on any atom is -0.306 e. The van der Waals surface area contributed by atoms with Gasteiger partial charge in [0.1, 0.15) is 5.82 Å². The summed E-state index contributed by atoms with van der Waals surface area (Å²) in [6.07, 6.45) is 0.673. The van der Waals surface area contributed by atoms with Gasteiger partial charge < -0.3 is 4.98 Å². The molecule has 4 rings (SSSR count). The van der Waals surface area contributed by atoms with Crippen LogP contribution in [0.2, 0.25) is 5.02 Å². The van der Waals surface area contributed by atoms with Crippen LogP contribution in [0.15, 0.2) is 53.3 Å². The summed E-state index contributed by atoms with van der Waals surface area (Å²) in [5, 5.41) is 11.4. The lowest BCUT2D eigenvalue weighted by atomic mass is 10.1. The summed E-state index contributed by atoms with van der Waals surface area (Å²) >= 11 is 5.92. The summed E-state index contributed by atoms with van der Waals surface area (Å²) in [6.45, 7) is 1.88. The topological polar surface area (TPSA) is 92.1 Å². The molecule has 0 unspecified atom stereocenters. The fraction of sp³-hybridized carbons (Fsp3) is 0.200. The molecule has 0 atom stereocenters. The molecule has 142 valence electrons. The number of nitro benzene ring substituents is 1. The van der Waals surface area contributed by atoms with Gasteiger partial charge in [-0.15, -0.1) is 0 Å². The second kappa shape index (κ2) is 7.53. The zero-order valence-corrected chi connectivity index (χ0v) is 15.6. The van der Waals surface area contributed by atoms with Crippen LogP contribution in [0.1, 0.15) is 16.8 Å². The number of nitrogens with zero attached hydrogens (tertiary/aromatic N) is 3. The zero-order valence-electron chi connectivity index (χ0n) is 14.9. The van der Waals surface area contributed by atoms with Crippen molar-refractivity contribution in [3.63, 3.8) is 0 Å². The van der Waals surface area contributed by atoms with E-state index < -0.39 is 4.92 Å². The van der Waals surface area contributed by atoms with Crippen LogP contribution < -0.4 is 5.56 Å². The Morgan fingerprint density at radius 1 is 1.14 bits per heavy atom. The molecule has 0 aliphatic carbocycles. The average Bonchev–Trinajstić information content (AvgIpc) is 2.69. The highest BCUT2D eigenvalue weighted by atomic mass is 35.5. The van der Waals surface area contributed by atoms with Gasteiger partial charge in [-0.2, -0.15) is 0 Å². The molecule has 1 aliphatic rings. The van der Waals surface area contributed by atoms with E-state index in [-0.39, 0.29) is 11.2 Å². The maximum absolute atomic E-state index is 12.6. The van der Waals surface area contributed by atoms with E-state index in [1.54, 1.807) is 24.3 Å². The monoisotopic (exact) mass is 396 g/mol. The molecule has 0 fully saturated rings. The summed E-state index contributed by atoms with van der Waals surface area (Å²) in [5.74, 6) is 0.546. The van der Waals surface area contributed by atoms with Gasteiger partial charge in [0.2, 0.25) is 0 Å². The second-order valence-electron chi connectivity index (χ2n) is 6.73. The first-order chi connectivity index (χ1) is 13.5. The molecule has 1 N–H and O–H groups in total. The molecular formula is C20H17ClN4O3. The fourth-order valence-electron chi connectivity index (χ4n) is 3.34. The number of fused-ring (bicyclic) bond motifs is 1. The van der Waals surface area contributed by atoms with Crippen LogP contribution in [0.25, 0.3) is 11.4 Å². The number of rotatable bonds is 4. The van der Waals surface area contributed by atoms with Gasteiger partial charge in [-0.25, -0.2) is 4.98 Å². The lowest BCUT2D eigenvalue weighted by Gasteiger charge is -2.27. The molecule has 1 aromatic heterocycles. The van der Waals surface area contributed by atoms with E-state index >= 15 is 0 Å². The number of benzene rings is 2. The predicted octanol–water partition coefficient (Wildman–Crippen LogP) is 3.56. The molecule has 0 saturated carbocycles. The van der Waals surface area contributed by atoms with Gasteiger partial charge in [-0.3, -0.25) is 19.8 Å². The Labute approximate surface area is 165 Å². The Morgan fingerprint density at radius 3 is 2.54 bits per heavy atom. The van der Waals surface area contributed by atoms with Crippen molar-refractivity contribution in [3.8, 4) is 11.4 Å². The van der Waals surface area contributed by atoms with Gasteiger partial charge in [-0.1, -0.05) is 23.7 Å². The lowest BCUT2D eigenvalue weighted by Crippen LogP contribution is -2.35. The molecule has 0 amide bonds. The summed E-state index contributed by atoms with van der Waals surface area (Å²) in [7, 11) is 0. The number of nitrogens with one attached hydrogen (secondary N) is 1. The van der Waals surface area contributed by atoms with E-state index in [2.05, 4.69) is 14.9 Å². The van der Waals surface area contributed by atoms with Gasteiger partial charge >= 0.3 is 0 Å². The normalized spacial score (nSPS) is 13.9. The highest BCUT2D eigenvalue weighted by Crippen LogP contribution is 2.22. The molecule has 0 radical (unpaired) electrons. The minimum atomic E-state index is -0.412. The van der Waals surface area contributed by atoms with Crippen LogP contribution in [-0.4, -0.2) is 26.3 Å². The van der Waals surface area contributed by atoms with Crippen molar-refractivity contribution < 1.29 is 4.92 Å². The quantitative estimate of drug-likeness (QED) is 0.537. The maximum atomic E-state index is 12.6. The van der Waals surface area contributed by atoms with Crippen molar-refractivity contribution in [1.29, 1.82) is 0 Å². The molecule has 3 aromatic rings. The van der Waals surface area contributed by atoms with E-state index in [0.717, 1.165) is 23.4 Å². The van der Waals surface area contributed by atoms with Crippen LogP contribution in [0.3, 0.4) is 0 Å². The third kappa shape index (κ3) is 3.81. The van der Waals surface area contributed by atoms with Crippen molar-refractivity contribution in [2.75, 3.05) is 6.54 Å². The smallest absolute Gasteiger partial charge is 0.269 e. The number of nitro groups is 1. The van der Waals surface area contributed by atoms with Crippen molar-refractivity contribution >= 4 is 17.3 Å². The van der Waals surface area contributed by atoms with Gasteiger partial charge in [-0.05, 0) is 29.8 Å². The first kappa shape index (κ1) is 18.3. The Hall–Kier alpha value is -3.03. The molecule has 8 heteroatoms. The second-order valence-corrected chi connectivity index (χ2v) is 7.17. The molecule has 0 saturated heterocycles. The molecule has 7 nitrogen and oxygen atoms in total. The van der Waals surface area contributed by atoms with Gasteiger partial charge in [0.15, 0.2) is 0 Å². The van der Waals surface area contributed by atoms with Gasteiger partial charge in [0, 0.05) is 48.8 Å².